The van der Waals surface area contributed by atoms with Gasteiger partial charge in [-0.3, -0.25) is 9.80 Å². The van der Waals surface area contributed by atoms with Crippen LogP contribution < -0.4 is 0 Å². The van der Waals surface area contributed by atoms with Gasteiger partial charge in [0.15, 0.2) is 0 Å². The van der Waals surface area contributed by atoms with Crippen LogP contribution in [0, 0.1) is 24.7 Å². The fourth-order valence-corrected chi connectivity index (χ4v) is 2.18. The summed E-state index contributed by atoms with van der Waals surface area (Å²) in [4.78, 5) is 4.36. The highest BCUT2D eigenvalue weighted by Gasteiger charge is 2.31. The molecule has 0 aliphatic carbocycles. The lowest BCUT2D eigenvalue weighted by Crippen LogP contribution is -2.58. The Bertz CT molecular complexity index is 265. The van der Waals surface area contributed by atoms with E-state index in [0.29, 0.717) is 6.54 Å². The molecule has 3 heteroatoms. The highest BCUT2D eigenvalue weighted by molar-refractivity contribution is 5.12. The normalized spacial score (nSPS) is 27.2. The minimum absolute atomic E-state index is 0.0706. The summed E-state index contributed by atoms with van der Waals surface area (Å²) in [6, 6.07) is 0.141. The molecule has 0 aromatic rings. The van der Waals surface area contributed by atoms with Gasteiger partial charge in [0.05, 0.1) is 18.7 Å². The summed E-state index contributed by atoms with van der Waals surface area (Å²) >= 11 is 0. The summed E-state index contributed by atoms with van der Waals surface area (Å²) in [6.07, 6.45) is 12.2. The van der Waals surface area contributed by atoms with Crippen LogP contribution in [0.5, 0.6) is 0 Å². The third-order valence-electron chi connectivity index (χ3n) is 2.95. The minimum Gasteiger partial charge on any atom is -0.395 e. The van der Waals surface area contributed by atoms with Gasteiger partial charge in [-0.15, -0.1) is 12.8 Å². The first-order valence-corrected chi connectivity index (χ1v) is 5.78. The number of aliphatic hydroxyl groups is 1. The number of piperazine rings is 1. The van der Waals surface area contributed by atoms with Gasteiger partial charge in [-0.25, -0.2) is 0 Å². The Labute approximate surface area is 98.4 Å². The first-order chi connectivity index (χ1) is 7.76. The van der Waals surface area contributed by atoms with E-state index < -0.39 is 0 Å². The summed E-state index contributed by atoms with van der Waals surface area (Å²) in [6.45, 7) is 5.47. The van der Waals surface area contributed by atoms with Gasteiger partial charge in [0.2, 0.25) is 0 Å². The van der Waals surface area contributed by atoms with E-state index in [-0.39, 0.29) is 18.7 Å². The Morgan fingerprint density at radius 1 is 1.19 bits per heavy atom. The fraction of sp³-hybridized carbons (Fsp3) is 0.692. The van der Waals surface area contributed by atoms with Crippen molar-refractivity contribution >= 4 is 0 Å². The fourth-order valence-electron chi connectivity index (χ4n) is 2.18. The highest BCUT2D eigenvalue weighted by Crippen LogP contribution is 2.15. The molecular formula is C13H20N2O. The monoisotopic (exact) mass is 220 g/mol. The van der Waals surface area contributed by atoms with Crippen LogP contribution in [0.3, 0.4) is 0 Å². The topological polar surface area (TPSA) is 26.7 Å². The van der Waals surface area contributed by atoms with Gasteiger partial charge in [0.25, 0.3) is 0 Å². The summed E-state index contributed by atoms with van der Waals surface area (Å²) < 4.78 is 0. The van der Waals surface area contributed by atoms with E-state index in [4.69, 9.17) is 18.0 Å². The first kappa shape index (κ1) is 13.1. The van der Waals surface area contributed by atoms with Gasteiger partial charge in [-0.2, -0.15) is 0 Å². The lowest BCUT2D eigenvalue weighted by atomic mass is 10.1. The lowest BCUT2D eigenvalue weighted by molar-refractivity contribution is 0.0615. The van der Waals surface area contributed by atoms with Gasteiger partial charge in [0, 0.05) is 26.2 Å². The molecule has 1 rings (SSSR count). The molecule has 2 atom stereocenters. The summed E-state index contributed by atoms with van der Waals surface area (Å²) in [5, 5.41) is 8.95. The number of β-amino-alcohol motifs (C(OH)–C–C–N with tert-alkyl or cyclic N) is 1. The number of hydrogen-bond donors (Lipinski definition) is 1. The van der Waals surface area contributed by atoms with E-state index in [1.807, 2.05) is 0 Å². The first-order valence-electron chi connectivity index (χ1n) is 5.78. The third kappa shape index (κ3) is 3.00. The van der Waals surface area contributed by atoms with E-state index in [9.17, 15) is 0 Å². The molecule has 1 aliphatic rings. The maximum absolute atomic E-state index is 8.95. The van der Waals surface area contributed by atoms with Crippen molar-refractivity contribution in [2.75, 3.05) is 32.8 Å². The van der Waals surface area contributed by atoms with E-state index >= 15 is 0 Å². The number of hydrogen-bond acceptors (Lipinski definition) is 3. The third-order valence-corrected chi connectivity index (χ3v) is 2.95. The average molecular weight is 220 g/mol. The van der Waals surface area contributed by atoms with Crippen LogP contribution in [0.2, 0.25) is 0 Å². The molecule has 0 spiro atoms. The molecule has 0 bridgehead atoms. The Morgan fingerprint density at radius 2 is 1.75 bits per heavy atom. The van der Waals surface area contributed by atoms with Crippen molar-refractivity contribution in [3.8, 4) is 24.7 Å². The Balaban J connectivity index is 2.71. The standard InChI is InChI=1S/C13H20N2O/c1-4-7-15-12(5-2)10-14(8-9-16)11-13(15)6-3/h2-3,12-13,16H,4,7-11H2,1H3. The van der Waals surface area contributed by atoms with E-state index in [0.717, 1.165) is 26.1 Å². The van der Waals surface area contributed by atoms with Gasteiger partial charge >= 0.3 is 0 Å². The number of rotatable bonds is 4. The Morgan fingerprint density at radius 3 is 2.12 bits per heavy atom. The second-order valence-corrected chi connectivity index (χ2v) is 4.09. The van der Waals surface area contributed by atoms with Crippen molar-refractivity contribution in [3.63, 3.8) is 0 Å². The lowest BCUT2D eigenvalue weighted by Gasteiger charge is -2.42. The van der Waals surface area contributed by atoms with Crippen LogP contribution in [-0.4, -0.2) is 59.8 Å². The molecule has 0 amide bonds. The van der Waals surface area contributed by atoms with Crippen molar-refractivity contribution in [1.29, 1.82) is 0 Å². The smallest absolute Gasteiger partial charge is 0.0850 e. The molecule has 3 nitrogen and oxygen atoms in total. The van der Waals surface area contributed by atoms with Crippen LogP contribution in [0.4, 0.5) is 0 Å². The molecule has 0 aromatic heterocycles. The van der Waals surface area contributed by atoms with Crippen molar-refractivity contribution in [2.45, 2.75) is 25.4 Å². The van der Waals surface area contributed by atoms with Crippen molar-refractivity contribution in [3.05, 3.63) is 0 Å². The number of nitrogens with zero attached hydrogens (tertiary/aromatic N) is 2. The van der Waals surface area contributed by atoms with Crippen molar-refractivity contribution in [1.82, 2.24) is 9.80 Å². The quantitative estimate of drug-likeness (QED) is 0.676. The molecule has 2 unspecified atom stereocenters. The second-order valence-electron chi connectivity index (χ2n) is 4.09. The Kier molecular flexibility index (Phi) is 5.35. The number of terminal acetylenes is 2. The molecule has 16 heavy (non-hydrogen) atoms. The van der Waals surface area contributed by atoms with Crippen molar-refractivity contribution < 1.29 is 5.11 Å². The van der Waals surface area contributed by atoms with Crippen molar-refractivity contribution in [2.24, 2.45) is 0 Å². The Hall–Kier alpha value is -1.00. The van der Waals surface area contributed by atoms with Gasteiger partial charge in [0.1, 0.15) is 0 Å². The van der Waals surface area contributed by atoms with Gasteiger partial charge in [-0.05, 0) is 6.42 Å². The zero-order valence-electron chi connectivity index (χ0n) is 9.89. The summed E-state index contributed by atoms with van der Waals surface area (Å²) in [5.74, 6) is 5.60. The maximum Gasteiger partial charge on any atom is 0.0850 e. The largest absolute Gasteiger partial charge is 0.395 e. The molecule has 1 fully saturated rings. The van der Waals surface area contributed by atoms with Crippen LogP contribution in [0.15, 0.2) is 0 Å². The van der Waals surface area contributed by atoms with Crippen LogP contribution in [0.1, 0.15) is 13.3 Å². The molecular weight excluding hydrogens is 200 g/mol. The van der Waals surface area contributed by atoms with Gasteiger partial charge < -0.3 is 5.11 Å². The molecule has 1 aliphatic heterocycles. The molecule has 0 radical (unpaired) electrons. The SMILES string of the molecule is C#CC1CN(CCO)CC(C#C)N1CCC. The van der Waals surface area contributed by atoms with Crippen LogP contribution >= 0.6 is 0 Å². The second kappa shape index (κ2) is 6.55. The zero-order chi connectivity index (χ0) is 12.0. The van der Waals surface area contributed by atoms with E-state index in [1.165, 1.54) is 0 Å². The zero-order valence-corrected chi connectivity index (χ0v) is 9.89. The molecule has 0 aromatic carbocycles. The van der Waals surface area contributed by atoms with E-state index in [2.05, 4.69) is 28.6 Å². The van der Waals surface area contributed by atoms with E-state index in [1.54, 1.807) is 0 Å². The van der Waals surface area contributed by atoms with Crippen LogP contribution in [0.25, 0.3) is 0 Å². The molecule has 1 N–H and O–H groups in total. The predicted octanol–water partition coefficient (Wildman–Crippen LogP) is 0.00990. The summed E-state index contributed by atoms with van der Waals surface area (Å²) in [5.41, 5.74) is 0. The molecule has 1 saturated heterocycles. The average Bonchev–Trinajstić information content (AvgIpc) is 2.31. The molecule has 0 saturated carbocycles. The minimum atomic E-state index is 0.0706. The maximum atomic E-state index is 8.95. The predicted molar refractivity (Wildman–Crippen MR) is 65.8 cm³/mol. The molecule has 1 heterocycles. The molecule has 88 valence electrons. The highest BCUT2D eigenvalue weighted by atomic mass is 16.3. The number of aliphatic hydroxyl groups excluding tert-OH is 1. The summed E-state index contributed by atoms with van der Waals surface area (Å²) in [7, 11) is 0. The van der Waals surface area contributed by atoms with Crippen LogP contribution in [-0.2, 0) is 0 Å². The van der Waals surface area contributed by atoms with Gasteiger partial charge in [-0.1, -0.05) is 18.8 Å².